The molecule has 1 N–H and O–H groups in total. The van der Waals surface area contributed by atoms with Gasteiger partial charge in [0, 0.05) is 23.6 Å². The van der Waals surface area contributed by atoms with Crippen molar-refractivity contribution < 1.29 is 18.1 Å². The predicted octanol–water partition coefficient (Wildman–Crippen LogP) is 3.39. The summed E-state index contributed by atoms with van der Waals surface area (Å²) >= 11 is 0. The van der Waals surface area contributed by atoms with E-state index >= 15 is 0 Å². The zero-order valence-electron chi connectivity index (χ0n) is 17.3. The lowest BCUT2D eigenvalue weighted by Gasteiger charge is -2.18. The molecule has 0 fully saturated rings. The van der Waals surface area contributed by atoms with Crippen LogP contribution >= 0.6 is 0 Å². The lowest BCUT2D eigenvalue weighted by atomic mass is 10.1. The van der Waals surface area contributed by atoms with Crippen LogP contribution in [0.5, 0.6) is 0 Å². The highest BCUT2D eigenvalue weighted by atomic mass is 32.2. The van der Waals surface area contributed by atoms with Gasteiger partial charge >= 0.3 is 0 Å². The number of nitrogens with one attached hydrogen (secondary N) is 1. The summed E-state index contributed by atoms with van der Waals surface area (Å²) < 4.78 is 28.7. The Morgan fingerprint density at radius 2 is 1.79 bits per heavy atom. The van der Waals surface area contributed by atoms with Crippen LogP contribution < -0.4 is 9.62 Å². The third-order valence-corrected chi connectivity index (χ3v) is 7.17. The number of sulfonamides is 1. The second-order valence-electron chi connectivity index (χ2n) is 7.55. The highest BCUT2D eigenvalue weighted by Crippen LogP contribution is 2.41. The molecule has 5 rings (SSSR count). The number of aryl methyl sites for hydroxylation is 1. The maximum Gasteiger partial charge on any atom is 0.269 e. The third kappa shape index (κ3) is 3.38. The maximum absolute atomic E-state index is 13.1. The van der Waals surface area contributed by atoms with Crippen LogP contribution in [0.15, 0.2) is 71.6 Å². The van der Waals surface area contributed by atoms with Gasteiger partial charge in [0.2, 0.25) is 5.91 Å². The number of carbonyl (C=O) groups is 1. The quantitative estimate of drug-likeness (QED) is 0.357. The number of hydrogen-bond acceptors (Lipinski definition) is 6. The molecule has 0 saturated carbocycles. The summed E-state index contributed by atoms with van der Waals surface area (Å²) in [6.07, 6.45) is 0. The summed E-state index contributed by atoms with van der Waals surface area (Å²) in [7, 11) is -3.87. The first-order chi connectivity index (χ1) is 15.8. The van der Waals surface area contributed by atoms with E-state index in [1.54, 1.807) is 31.2 Å². The maximum atomic E-state index is 13.1. The summed E-state index contributed by atoms with van der Waals surface area (Å²) in [6.45, 7) is 1.32. The van der Waals surface area contributed by atoms with Crippen molar-refractivity contribution in [2.45, 2.75) is 11.8 Å². The van der Waals surface area contributed by atoms with Gasteiger partial charge in [0.05, 0.1) is 26.9 Å². The first-order valence-corrected chi connectivity index (χ1v) is 11.4. The van der Waals surface area contributed by atoms with Crippen LogP contribution in [-0.2, 0) is 14.8 Å². The minimum atomic E-state index is -3.87. The first-order valence-electron chi connectivity index (χ1n) is 9.91. The molecular weight excluding hydrogens is 446 g/mol. The van der Waals surface area contributed by atoms with Gasteiger partial charge in [-0.1, -0.05) is 24.3 Å². The fourth-order valence-electron chi connectivity index (χ4n) is 3.94. The zero-order valence-corrected chi connectivity index (χ0v) is 18.1. The molecule has 0 atom stereocenters. The van der Waals surface area contributed by atoms with Gasteiger partial charge in [0.25, 0.3) is 15.7 Å². The van der Waals surface area contributed by atoms with E-state index in [9.17, 15) is 23.3 Å². The molecule has 166 valence electrons. The van der Waals surface area contributed by atoms with E-state index in [0.717, 1.165) is 9.69 Å². The zero-order chi connectivity index (χ0) is 23.3. The number of benzene rings is 3. The Kier molecular flexibility index (Phi) is 4.64. The van der Waals surface area contributed by atoms with E-state index in [1.807, 2.05) is 12.1 Å². The summed E-state index contributed by atoms with van der Waals surface area (Å²) in [5.41, 5.74) is 1.50. The summed E-state index contributed by atoms with van der Waals surface area (Å²) in [4.78, 5) is 23.5. The summed E-state index contributed by atoms with van der Waals surface area (Å²) in [6, 6.07) is 17.6. The lowest BCUT2D eigenvalue weighted by Crippen LogP contribution is -2.35. The number of anilines is 2. The second-order valence-corrected chi connectivity index (χ2v) is 9.38. The molecule has 1 aliphatic heterocycles. The van der Waals surface area contributed by atoms with E-state index in [0.29, 0.717) is 28.3 Å². The van der Waals surface area contributed by atoms with Crippen molar-refractivity contribution in [1.82, 2.24) is 9.78 Å². The Bertz CT molecular complexity index is 1540. The van der Waals surface area contributed by atoms with Crippen LogP contribution in [0.25, 0.3) is 16.5 Å². The van der Waals surface area contributed by atoms with Crippen LogP contribution in [0.1, 0.15) is 5.69 Å². The minimum Gasteiger partial charge on any atom is -0.309 e. The fourth-order valence-corrected chi connectivity index (χ4v) is 5.61. The molecule has 0 spiro atoms. The highest BCUT2D eigenvalue weighted by Gasteiger charge is 2.36. The van der Waals surface area contributed by atoms with Gasteiger partial charge in [-0.05, 0) is 36.6 Å². The van der Waals surface area contributed by atoms with Crippen molar-refractivity contribution in [3.63, 3.8) is 0 Å². The smallest absolute Gasteiger partial charge is 0.269 e. The standard InChI is InChI=1S/C22H17N5O5S/c1-14-12-20(26(24-14)16-8-10-17(11-9-16)27(29)30)23-21(28)13-25-18-6-2-4-15-5-3-7-19(22(15)18)33(25,31)32/h2-12H,13H2,1H3,(H,23,28). The molecule has 1 aromatic heterocycles. The number of nitro groups is 1. The summed E-state index contributed by atoms with van der Waals surface area (Å²) in [5, 5.41) is 19.3. The largest absolute Gasteiger partial charge is 0.309 e. The van der Waals surface area contributed by atoms with Crippen LogP contribution in [0.3, 0.4) is 0 Å². The number of hydrogen-bond donors (Lipinski definition) is 1. The van der Waals surface area contributed by atoms with Gasteiger partial charge in [0.15, 0.2) is 0 Å². The number of carbonyl (C=O) groups excluding carboxylic acids is 1. The third-order valence-electron chi connectivity index (χ3n) is 5.37. The molecule has 0 radical (unpaired) electrons. The van der Waals surface area contributed by atoms with Gasteiger partial charge < -0.3 is 5.32 Å². The predicted molar refractivity (Wildman–Crippen MR) is 122 cm³/mol. The first kappa shape index (κ1) is 20.6. The van der Waals surface area contributed by atoms with Gasteiger partial charge in [0.1, 0.15) is 12.4 Å². The Morgan fingerprint density at radius 3 is 2.48 bits per heavy atom. The number of non-ortho nitro benzene ring substituents is 1. The van der Waals surface area contributed by atoms with E-state index in [2.05, 4.69) is 10.4 Å². The number of rotatable bonds is 5. The lowest BCUT2D eigenvalue weighted by molar-refractivity contribution is -0.384. The molecule has 0 unspecified atom stereocenters. The molecule has 0 saturated heterocycles. The average molecular weight is 463 g/mol. The molecule has 4 aromatic rings. The van der Waals surface area contributed by atoms with Crippen LogP contribution in [0.4, 0.5) is 17.2 Å². The van der Waals surface area contributed by atoms with Crippen molar-refractivity contribution >= 4 is 43.9 Å². The number of nitro benzene ring substituents is 1. The van der Waals surface area contributed by atoms with Gasteiger partial charge in [-0.25, -0.2) is 13.1 Å². The number of amides is 1. The molecule has 1 aliphatic rings. The Hall–Kier alpha value is -4.25. The van der Waals surface area contributed by atoms with Crippen LogP contribution in [-0.4, -0.2) is 35.6 Å². The van der Waals surface area contributed by atoms with Crippen molar-refractivity contribution in [3.05, 3.63) is 82.5 Å². The monoisotopic (exact) mass is 463 g/mol. The highest BCUT2D eigenvalue weighted by molar-refractivity contribution is 7.93. The Morgan fingerprint density at radius 1 is 1.09 bits per heavy atom. The van der Waals surface area contributed by atoms with Crippen molar-refractivity contribution in [3.8, 4) is 5.69 Å². The van der Waals surface area contributed by atoms with Crippen molar-refractivity contribution in [2.75, 3.05) is 16.2 Å². The fraction of sp³-hybridized carbons (Fsp3) is 0.0909. The van der Waals surface area contributed by atoms with E-state index in [4.69, 9.17) is 0 Å². The summed E-state index contributed by atoms with van der Waals surface area (Å²) in [5.74, 6) is -0.231. The van der Waals surface area contributed by atoms with Gasteiger partial charge in [-0.3, -0.25) is 19.2 Å². The molecule has 0 bridgehead atoms. The molecular formula is C22H17N5O5S. The SMILES string of the molecule is Cc1cc(NC(=O)CN2c3cccc4cccc(c34)S2(=O)=O)n(-c2ccc([N+](=O)[O-])cc2)n1. The molecule has 11 heteroatoms. The topological polar surface area (TPSA) is 127 Å². The van der Waals surface area contributed by atoms with Crippen LogP contribution in [0.2, 0.25) is 0 Å². The van der Waals surface area contributed by atoms with Gasteiger partial charge in [-0.2, -0.15) is 5.10 Å². The number of nitrogens with zero attached hydrogens (tertiary/aromatic N) is 4. The molecule has 3 aromatic carbocycles. The average Bonchev–Trinajstić information content (AvgIpc) is 3.25. The van der Waals surface area contributed by atoms with Crippen molar-refractivity contribution in [2.24, 2.45) is 0 Å². The molecule has 33 heavy (non-hydrogen) atoms. The van der Waals surface area contributed by atoms with Crippen molar-refractivity contribution in [1.29, 1.82) is 0 Å². The molecule has 1 amide bonds. The molecule has 0 aliphatic carbocycles. The van der Waals surface area contributed by atoms with E-state index in [-0.39, 0.29) is 10.6 Å². The van der Waals surface area contributed by atoms with Crippen LogP contribution in [0, 0.1) is 17.0 Å². The van der Waals surface area contributed by atoms with E-state index < -0.39 is 27.4 Å². The second kappa shape index (κ2) is 7.41. The molecule has 10 nitrogen and oxygen atoms in total. The normalized spacial score (nSPS) is 13.9. The van der Waals surface area contributed by atoms with Gasteiger partial charge in [-0.15, -0.1) is 0 Å². The molecule has 2 heterocycles. The minimum absolute atomic E-state index is 0.0683. The Balaban J connectivity index is 1.43. The Labute approximate surface area is 188 Å². The number of aromatic nitrogens is 2. The van der Waals surface area contributed by atoms with E-state index in [1.165, 1.54) is 35.0 Å².